The Bertz CT molecular complexity index is 378. The number of halogens is 1. The summed E-state index contributed by atoms with van der Waals surface area (Å²) in [7, 11) is 0. The van der Waals surface area contributed by atoms with Crippen LogP contribution in [0.15, 0.2) is 28.7 Å². The maximum absolute atomic E-state index is 6.28. The van der Waals surface area contributed by atoms with Crippen molar-refractivity contribution < 1.29 is 0 Å². The molecule has 0 amide bonds. The van der Waals surface area contributed by atoms with Gasteiger partial charge in [-0.15, -0.1) is 0 Å². The smallest absolute Gasteiger partial charge is 0.0279 e. The van der Waals surface area contributed by atoms with Crippen molar-refractivity contribution in [2.75, 3.05) is 0 Å². The summed E-state index contributed by atoms with van der Waals surface area (Å²) in [6.45, 7) is 0. The molecule has 4 unspecified atom stereocenters. The van der Waals surface area contributed by atoms with Crippen molar-refractivity contribution in [1.82, 2.24) is 5.32 Å². The van der Waals surface area contributed by atoms with Gasteiger partial charge in [0.15, 0.2) is 0 Å². The van der Waals surface area contributed by atoms with E-state index in [0.717, 1.165) is 0 Å². The van der Waals surface area contributed by atoms with Crippen molar-refractivity contribution in [3.63, 3.8) is 0 Å². The average Bonchev–Trinajstić information content (AvgIpc) is 2.80. The van der Waals surface area contributed by atoms with E-state index in [0.29, 0.717) is 18.0 Å². The first-order chi connectivity index (χ1) is 7.27. The highest BCUT2D eigenvalue weighted by molar-refractivity contribution is 9.10. The summed E-state index contributed by atoms with van der Waals surface area (Å²) in [5.74, 6) is 0.485. The molecule has 15 heavy (non-hydrogen) atoms. The van der Waals surface area contributed by atoms with E-state index in [1.165, 1.54) is 22.9 Å². The second kappa shape index (κ2) is 3.58. The fourth-order valence-electron chi connectivity index (χ4n) is 3.08. The molecule has 2 aliphatic heterocycles. The number of benzene rings is 1. The van der Waals surface area contributed by atoms with Crippen molar-refractivity contribution in [2.45, 2.75) is 36.9 Å². The van der Waals surface area contributed by atoms with Gasteiger partial charge in [-0.05, 0) is 24.5 Å². The minimum atomic E-state index is 0.280. The summed E-state index contributed by atoms with van der Waals surface area (Å²) in [4.78, 5) is 0. The number of hydrogen-bond donors (Lipinski definition) is 2. The molecule has 3 heteroatoms. The Hall–Kier alpha value is -0.380. The molecule has 0 aromatic heterocycles. The lowest BCUT2D eigenvalue weighted by Crippen LogP contribution is -2.38. The maximum atomic E-state index is 6.28. The minimum absolute atomic E-state index is 0.280. The topological polar surface area (TPSA) is 38.0 Å². The van der Waals surface area contributed by atoms with E-state index in [9.17, 15) is 0 Å². The van der Waals surface area contributed by atoms with Gasteiger partial charge in [0.05, 0.1) is 0 Å². The molecule has 2 bridgehead atoms. The molecule has 3 N–H and O–H groups in total. The Morgan fingerprint density at radius 1 is 1.20 bits per heavy atom. The predicted octanol–water partition coefficient (Wildman–Crippen LogP) is 1.99. The Balaban J connectivity index is 1.98. The van der Waals surface area contributed by atoms with Crippen molar-refractivity contribution >= 4 is 15.9 Å². The number of rotatable bonds is 1. The summed E-state index contributed by atoms with van der Waals surface area (Å²) >= 11 is 3.62. The summed E-state index contributed by atoms with van der Waals surface area (Å²) in [5.41, 5.74) is 7.65. The molecular weight excluding hydrogens is 252 g/mol. The molecule has 80 valence electrons. The summed E-state index contributed by atoms with van der Waals surface area (Å²) < 4.78 is 1.19. The van der Waals surface area contributed by atoms with E-state index in [4.69, 9.17) is 5.73 Å². The van der Waals surface area contributed by atoms with E-state index in [1.807, 2.05) is 0 Å². The molecule has 2 saturated heterocycles. The third-order valence-corrected chi connectivity index (χ3v) is 4.52. The number of nitrogens with one attached hydrogen (secondary N) is 1. The minimum Gasteiger partial charge on any atom is -0.326 e. The molecule has 2 fully saturated rings. The number of hydrogen-bond acceptors (Lipinski definition) is 2. The first-order valence-electron chi connectivity index (χ1n) is 5.53. The van der Waals surface area contributed by atoms with Gasteiger partial charge in [0.2, 0.25) is 0 Å². The fourth-order valence-corrected chi connectivity index (χ4v) is 3.62. The molecular formula is C12H15BrN2. The normalized spacial score (nSPS) is 38.5. The Morgan fingerprint density at radius 3 is 2.60 bits per heavy atom. The van der Waals surface area contributed by atoms with E-state index in [1.54, 1.807) is 0 Å². The highest BCUT2D eigenvalue weighted by Gasteiger charge is 2.46. The largest absolute Gasteiger partial charge is 0.326 e. The molecule has 2 heterocycles. The second-order valence-electron chi connectivity index (χ2n) is 4.58. The van der Waals surface area contributed by atoms with Gasteiger partial charge in [0.1, 0.15) is 0 Å². The quantitative estimate of drug-likeness (QED) is 0.816. The van der Waals surface area contributed by atoms with Gasteiger partial charge in [-0.2, -0.15) is 0 Å². The molecule has 1 aromatic rings. The van der Waals surface area contributed by atoms with Gasteiger partial charge < -0.3 is 11.1 Å². The van der Waals surface area contributed by atoms with Crippen LogP contribution in [0.3, 0.4) is 0 Å². The van der Waals surface area contributed by atoms with E-state index < -0.39 is 0 Å². The summed E-state index contributed by atoms with van der Waals surface area (Å²) in [6.07, 6.45) is 2.51. The van der Waals surface area contributed by atoms with Crippen LogP contribution < -0.4 is 11.1 Å². The van der Waals surface area contributed by atoms with Gasteiger partial charge >= 0.3 is 0 Å². The predicted molar refractivity (Wildman–Crippen MR) is 64.8 cm³/mol. The summed E-state index contributed by atoms with van der Waals surface area (Å²) in [6, 6.07) is 9.85. The Kier molecular flexibility index (Phi) is 2.34. The van der Waals surface area contributed by atoms with E-state index >= 15 is 0 Å². The van der Waals surface area contributed by atoms with Crippen LogP contribution in [0.4, 0.5) is 0 Å². The first-order valence-corrected chi connectivity index (χ1v) is 6.33. The van der Waals surface area contributed by atoms with Crippen LogP contribution in [-0.4, -0.2) is 18.1 Å². The molecule has 3 rings (SSSR count). The highest BCUT2D eigenvalue weighted by atomic mass is 79.9. The summed E-state index contributed by atoms with van der Waals surface area (Å²) in [5, 5.41) is 3.61. The van der Waals surface area contributed by atoms with Crippen LogP contribution in [0, 0.1) is 0 Å². The van der Waals surface area contributed by atoms with Gasteiger partial charge in [-0.25, -0.2) is 0 Å². The SMILES string of the molecule is NC1C2CCC(N2)C1c1ccccc1Br. The third kappa shape index (κ3) is 1.45. The van der Waals surface area contributed by atoms with Gasteiger partial charge in [-0.3, -0.25) is 0 Å². The molecule has 4 atom stereocenters. The second-order valence-corrected chi connectivity index (χ2v) is 5.44. The van der Waals surface area contributed by atoms with Crippen molar-refractivity contribution in [1.29, 1.82) is 0 Å². The van der Waals surface area contributed by atoms with E-state index in [2.05, 4.69) is 45.5 Å². The van der Waals surface area contributed by atoms with Crippen LogP contribution in [-0.2, 0) is 0 Å². The van der Waals surface area contributed by atoms with Gasteiger partial charge in [-0.1, -0.05) is 34.1 Å². The van der Waals surface area contributed by atoms with Gasteiger partial charge in [0.25, 0.3) is 0 Å². The lowest BCUT2D eigenvalue weighted by molar-refractivity contribution is 0.443. The van der Waals surface area contributed by atoms with Crippen molar-refractivity contribution in [3.05, 3.63) is 34.3 Å². The standard InChI is InChI=1S/C12H15BrN2/c13-8-4-2-1-3-7(8)11-9-5-6-10(15-9)12(11)14/h1-4,9-12,15H,5-6,14H2. The van der Waals surface area contributed by atoms with Crippen LogP contribution >= 0.6 is 15.9 Å². The van der Waals surface area contributed by atoms with Crippen molar-refractivity contribution in [3.8, 4) is 0 Å². The van der Waals surface area contributed by atoms with E-state index in [-0.39, 0.29) is 6.04 Å². The number of nitrogens with two attached hydrogens (primary N) is 1. The molecule has 0 saturated carbocycles. The maximum Gasteiger partial charge on any atom is 0.0279 e. The lowest BCUT2D eigenvalue weighted by atomic mass is 9.80. The van der Waals surface area contributed by atoms with Crippen LogP contribution in [0.2, 0.25) is 0 Å². The molecule has 2 aliphatic rings. The molecule has 0 aliphatic carbocycles. The fraction of sp³-hybridized carbons (Fsp3) is 0.500. The lowest BCUT2D eigenvalue weighted by Gasteiger charge is -2.27. The van der Waals surface area contributed by atoms with Gasteiger partial charge in [0, 0.05) is 28.5 Å². The van der Waals surface area contributed by atoms with Crippen LogP contribution in [0.25, 0.3) is 0 Å². The monoisotopic (exact) mass is 266 g/mol. The molecule has 0 radical (unpaired) electrons. The van der Waals surface area contributed by atoms with Crippen LogP contribution in [0.1, 0.15) is 24.3 Å². The zero-order chi connectivity index (χ0) is 10.4. The Morgan fingerprint density at radius 2 is 1.93 bits per heavy atom. The molecule has 2 nitrogen and oxygen atoms in total. The molecule has 1 aromatic carbocycles. The molecule has 0 spiro atoms. The van der Waals surface area contributed by atoms with Crippen molar-refractivity contribution in [2.24, 2.45) is 5.73 Å². The Labute approximate surface area is 98.4 Å². The zero-order valence-corrected chi connectivity index (χ0v) is 10.1. The third-order valence-electron chi connectivity index (χ3n) is 3.79. The van der Waals surface area contributed by atoms with Crippen LogP contribution in [0.5, 0.6) is 0 Å². The average molecular weight is 267 g/mol. The zero-order valence-electron chi connectivity index (χ0n) is 8.49. The first kappa shape index (κ1) is 9.82. The number of fused-ring (bicyclic) bond motifs is 2. The highest BCUT2D eigenvalue weighted by Crippen LogP contribution is 2.41.